The lowest BCUT2D eigenvalue weighted by Gasteiger charge is -2.20. The van der Waals surface area contributed by atoms with Gasteiger partial charge in [-0.25, -0.2) is 4.39 Å². The molecular weight excluding hydrogens is 255 g/mol. The van der Waals surface area contributed by atoms with Crippen LogP contribution in [0.5, 0.6) is 5.75 Å². The fourth-order valence-electron chi connectivity index (χ4n) is 1.92. The van der Waals surface area contributed by atoms with Gasteiger partial charge < -0.3 is 9.64 Å². The molecule has 2 aromatic carbocycles. The smallest absolute Gasteiger partial charge is 0.131 e. The van der Waals surface area contributed by atoms with Crippen molar-refractivity contribution in [2.24, 2.45) is 0 Å². The molecule has 0 N–H and O–H groups in total. The number of anilines is 1. The topological polar surface area (TPSA) is 36.3 Å². The fraction of sp³-hybridized carbons (Fsp3) is 0.188. The normalized spacial score (nSPS) is 9.90. The summed E-state index contributed by atoms with van der Waals surface area (Å²) in [5.41, 5.74) is 2.13. The largest absolute Gasteiger partial charge is 0.497 e. The van der Waals surface area contributed by atoms with E-state index in [1.165, 1.54) is 13.2 Å². The van der Waals surface area contributed by atoms with Gasteiger partial charge in [-0.2, -0.15) is 5.26 Å². The predicted molar refractivity (Wildman–Crippen MR) is 76.2 cm³/mol. The Morgan fingerprint density at radius 2 is 1.90 bits per heavy atom. The first-order valence-electron chi connectivity index (χ1n) is 6.17. The second kappa shape index (κ2) is 6.07. The van der Waals surface area contributed by atoms with E-state index in [0.29, 0.717) is 23.4 Å². The molecule has 3 nitrogen and oxygen atoms in total. The van der Waals surface area contributed by atoms with Crippen molar-refractivity contribution in [2.75, 3.05) is 19.1 Å². The van der Waals surface area contributed by atoms with Crippen molar-refractivity contribution in [1.82, 2.24) is 0 Å². The molecule has 0 bridgehead atoms. The molecule has 0 unspecified atom stereocenters. The summed E-state index contributed by atoms with van der Waals surface area (Å²) in [7, 11) is 3.39. The van der Waals surface area contributed by atoms with Gasteiger partial charge in [-0.3, -0.25) is 0 Å². The highest BCUT2D eigenvalue weighted by Gasteiger charge is 2.08. The Hall–Kier alpha value is -2.54. The predicted octanol–water partition coefficient (Wildman–Crippen LogP) is 3.34. The molecular formula is C16H15FN2O. The summed E-state index contributed by atoms with van der Waals surface area (Å²) in [6.07, 6.45) is 0. The number of nitriles is 1. The zero-order chi connectivity index (χ0) is 14.5. The van der Waals surface area contributed by atoms with E-state index >= 15 is 0 Å². The van der Waals surface area contributed by atoms with Gasteiger partial charge in [0.25, 0.3) is 0 Å². The minimum absolute atomic E-state index is 0.287. The molecule has 0 fully saturated rings. The van der Waals surface area contributed by atoms with Crippen LogP contribution < -0.4 is 9.64 Å². The van der Waals surface area contributed by atoms with Gasteiger partial charge in [-0.1, -0.05) is 6.07 Å². The van der Waals surface area contributed by atoms with E-state index in [1.54, 1.807) is 24.3 Å². The van der Waals surface area contributed by atoms with Crippen molar-refractivity contribution in [3.63, 3.8) is 0 Å². The maximum Gasteiger partial charge on any atom is 0.131 e. The van der Waals surface area contributed by atoms with Crippen LogP contribution in [0.25, 0.3) is 0 Å². The first kappa shape index (κ1) is 13.9. The number of halogens is 1. The van der Waals surface area contributed by atoms with E-state index in [-0.39, 0.29) is 5.82 Å². The zero-order valence-corrected chi connectivity index (χ0v) is 11.4. The highest BCUT2D eigenvalue weighted by Crippen LogP contribution is 2.20. The standard InChI is InChI=1S/C16H15FN2O/c1-19(14-6-3-12(10-18)4-7-14)11-13-5-8-15(20-2)9-16(13)17/h3-9H,11H2,1-2H3. The maximum atomic E-state index is 13.9. The molecule has 0 radical (unpaired) electrons. The van der Waals surface area contributed by atoms with Crippen LogP contribution in [0.2, 0.25) is 0 Å². The number of hydrogen-bond acceptors (Lipinski definition) is 3. The van der Waals surface area contributed by atoms with Crippen molar-refractivity contribution in [1.29, 1.82) is 5.26 Å². The quantitative estimate of drug-likeness (QED) is 0.855. The zero-order valence-electron chi connectivity index (χ0n) is 11.4. The Kier molecular flexibility index (Phi) is 4.21. The minimum Gasteiger partial charge on any atom is -0.497 e. The number of benzene rings is 2. The molecule has 2 rings (SSSR count). The van der Waals surface area contributed by atoms with Crippen molar-refractivity contribution in [3.05, 3.63) is 59.4 Å². The summed E-state index contributed by atoms with van der Waals surface area (Å²) < 4.78 is 18.9. The molecule has 0 amide bonds. The monoisotopic (exact) mass is 270 g/mol. The number of hydrogen-bond donors (Lipinski definition) is 0. The number of rotatable bonds is 4. The van der Waals surface area contributed by atoms with Crippen LogP contribution >= 0.6 is 0 Å². The van der Waals surface area contributed by atoms with E-state index < -0.39 is 0 Å². The first-order valence-corrected chi connectivity index (χ1v) is 6.17. The highest BCUT2D eigenvalue weighted by molar-refractivity contribution is 5.49. The molecule has 0 aliphatic carbocycles. The van der Waals surface area contributed by atoms with Crippen LogP contribution in [0.1, 0.15) is 11.1 Å². The molecule has 2 aromatic rings. The Bertz CT molecular complexity index is 632. The van der Waals surface area contributed by atoms with Gasteiger partial charge in [-0.05, 0) is 30.3 Å². The molecule has 0 aromatic heterocycles. The first-order chi connectivity index (χ1) is 9.63. The molecule has 0 saturated heterocycles. The van der Waals surface area contributed by atoms with E-state index in [2.05, 4.69) is 6.07 Å². The molecule has 0 saturated carbocycles. The Balaban J connectivity index is 2.14. The molecule has 0 aliphatic rings. The van der Waals surface area contributed by atoms with E-state index in [1.807, 2.05) is 24.1 Å². The van der Waals surface area contributed by atoms with Gasteiger partial charge in [0.1, 0.15) is 11.6 Å². The summed E-state index contributed by atoms with van der Waals surface area (Å²) in [5.74, 6) is 0.220. The van der Waals surface area contributed by atoms with Crippen LogP contribution in [-0.4, -0.2) is 14.2 Å². The number of methoxy groups -OCH3 is 1. The van der Waals surface area contributed by atoms with Crippen LogP contribution in [0.4, 0.5) is 10.1 Å². The van der Waals surface area contributed by atoms with Crippen molar-refractivity contribution in [2.45, 2.75) is 6.54 Å². The van der Waals surface area contributed by atoms with E-state index in [4.69, 9.17) is 10.00 Å². The molecule has 20 heavy (non-hydrogen) atoms. The van der Waals surface area contributed by atoms with E-state index in [0.717, 1.165) is 5.69 Å². The van der Waals surface area contributed by atoms with Crippen LogP contribution in [-0.2, 0) is 6.54 Å². The lowest BCUT2D eigenvalue weighted by Crippen LogP contribution is -2.17. The lowest BCUT2D eigenvalue weighted by molar-refractivity contribution is 0.410. The third-order valence-corrected chi connectivity index (χ3v) is 3.10. The minimum atomic E-state index is -0.287. The fourth-order valence-corrected chi connectivity index (χ4v) is 1.92. The maximum absolute atomic E-state index is 13.9. The second-order valence-electron chi connectivity index (χ2n) is 4.47. The third kappa shape index (κ3) is 3.07. The SMILES string of the molecule is COc1ccc(CN(C)c2ccc(C#N)cc2)c(F)c1. The molecule has 102 valence electrons. The summed E-state index contributed by atoms with van der Waals surface area (Å²) >= 11 is 0. The average Bonchev–Trinajstić information content (AvgIpc) is 2.49. The van der Waals surface area contributed by atoms with Crippen molar-refractivity contribution < 1.29 is 9.13 Å². The van der Waals surface area contributed by atoms with Crippen molar-refractivity contribution >= 4 is 5.69 Å². The molecule has 0 heterocycles. The number of ether oxygens (including phenoxy) is 1. The summed E-state index contributed by atoms with van der Waals surface area (Å²) in [4.78, 5) is 1.92. The van der Waals surface area contributed by atoms with Crippen LogP contribution in [0, 0.1) is 17.1 Å². The van der Waals surface area contributed by atoms with Crippen LogP contribution in [0.15, 0.2) is 42.5 Å². The Labute approximate surface area is 117 Å². The average molecular weight is 270 g/mol. The van der Waals surface area contributed by atoms with Gasteiger partial charge in [0, 0.05) is 30.9 Å². The van der Waals surface area contributed by atoms with Gasteiger partial charge in [0.2, 0.25) is 0 Å². The third-order valence-electron chi connectivity index (χ3n) is 3.10. The van der Waals surface area contributed by atoms with Crippen molar-refractivity contribution in [3.8, 4) is 11.8 Å². The van der Waals surface area contributed by atoms with E-state index in [9.17, 15) is 4.39 Å². The Morgan fingerprint density at radius 3 is 2.45 bits per heavy atom. The summed E-state index contributed by atoms with van der Waals surface area (Å²) in [6.45, 7) is 0.446. The summed E-state index contributed by atoms with van der Waals surface area (Å²) in [6, 6.07) is 14.1. The van der Waals surface area contributed by atoms with Gasteiger partial charge in [0.05, 0.1) is 18.7 Å². The Morgan fingerprint density at radius 1 is 1.20 bits per heavy atom. The van der Waals surface area contributed by atoms with Gasteiger partial charge in [-0.15, -0.1) is 0 Å². The molecule has 4 heteroatoms. The second-order valence-corrected chi connectivity index (χ2v) is 4.47. The highest BCUT2D eigenvalue weighted by atomic mass is 19.1. The molecule has 0 spiro atoms. The molecule has 0 aliphatic heterocycles. The van der Waals surface area contributed by atoms with Gasteiger partial charge in [0.15, 0.2) is 0 Å². The molecule has 0 atom stereocenters. The number of nitrogens with zero attached hydrogens (tertiary/aromatic N) is 2. The van der Waals surface area contributed by atoms with Gasteiger partial charge >= 0.3 is 0 Å². The van der Waals surface area contributed by atoms with Crippen LogP contribution in [0.3, 0.4) is 0 Å². The summed E-state index contributed by atoms with van der Waals surface area (Å²) in [5, 5.41) is 8.76. The lowest BCUT2D eigenvalue weighted by atomic mass is 10.1.